The Balaban J connectivity index is 2.50. The number of rotatable bonds is 2. The number of aromatic amines is 1. The van der Waals surface area contributed by atoms with Gasteiger partial charge in [0.2, 0.25) is 0 Å². The molecule has 0 radical (unpaired) electrons. The number of carboxylic acid groups (broad SMARTS) is 1. The van der Waals surface area contributed by atoms with Gasteiger partial charge in [0.15, 0.2) is 3.95 Å². The van der Waals surface area contributed by atoms with Crippen molar-refractivity contribution in [3.8, 4) is 0 Å². The van der Waals surface area contributed by atoms with Crippen molar-refractivity contribution in [3.05, 3.63) is 27.7 Å². The normalized spacial score (nSPS) is 10.6. The smallest absolute Gasteiger partial charge is 0.307 e. The summed E-state index contributed by atoms with van der Waals surface area (Å²) in [5.41, 5.74) is 1.77. The monoisotopic (exact) mass is 225 g/mol. The maximum atomic E-state index is 10.5. The van der Waals surface area contributed by atoms with Crippen molar-refractivity contribution < 1.29 is 9.90 Å². The van der Waals surface area contributed by atoms with Gasteiger partial charge in [0, 0.05) is 0 Å². The summed E-state index contributed by atoms with van der Waals surface area (Å²) in [7, 11) is 0. The molecule has 2 rings (SSSR count). The molecule has 14 heavy (non-hydrogen) atoms. The summed E-state index contributed by atoms with van der Waals surface area (Å²) < 4.78 is 1.72. The molecule has 0 atom stereocenters. The Hall–Kier alpha value is -1.20. The zero-order chi connectivity index (χ0) is 10.1. The number of hydrogen-bond donors (Lipinski definition) is 2. The van der Waals surface area contributed by atoms with E-state index in [2.05, 4.69) is 4.98 Å². The zero-order valence-corrected chi connectivity index (χ0v) is 8.74. The summed E-state index contributed by atoms with van der Waals surface area (Å²) >= 11 is 6.45. The first-order valence-electron chi connectivity index (χ1n) is 3.99. The Bertz CT molecular complexity index is 541. The minimum Gasteiger partial charge on any atom is -0.481 e. The van der Waals surface area contributed by atoms with Crippen LogP contribution < -0.4 is 0 Å². The molecular weight excluding hydrogens is 218 g/mol. The lowest BCUT2D eigenvalue weighted by Crippen LogP contribution is -1.99. The Morgan fingerprint density at radius 1 is 1.57 bits per heavy atom. The van der Waals surface area contributed by atoms with Crippen molar-refractivity contribution >= 4 is 39.7 Å². The molecule has 0 aliphatic heterocycles. The second kappa shape index (κ2) is 3.51. The Morgan fingerprint density at radius 2 is 2.36 bits per heavy atom. The quantitative estimate of drug-likeness (QED) is 0.772. The molecule has 0 amide bonds. The molecule has 2 N–H and O–H groups in total. The van der Waals surface area contributed by atoms with Crippen molar-refractivity contribution in [2.45, 2.75) is 6.42 Å². The first kappa shape index (κ1) is 9.36. The van der Waals surface area contributed by atoms with Gasteiger partial charge in [-0.05, 0) is 29.9 Å². The number of thiazole rings is 1. The molecule has 3 nitrogen and oxygen atoms in total. The van der Waals surface area contributed by atoms with Crippen LogP contribution in [0.3, 0.4) is 0 Å². The van der Waals surface area contributed by atoms with Crippen LogP contribution >= 0.6 is 23.6 Å². The number of carboxylic acids is 1. The highest BCUT2D eigenvalue weighted by molar-refractivity contribution is 7.73. The maximum absolute atomic E-state index is 10.5. The van der Waals surface area contributed by atoms with Crippen molar-refractivity contribution in [1.82, 2.24) is 4.98 Å². The van der Waals surface area contributed by atoms with Crippen molar-refractivity contribution in [3.63, 3.8) is 0 Å². The van der Waals surface area contributed by atoms with Gasteiger partial charge in [0.05, 0.1) is 16.6 Å². The molecule has 1 aromatic carbocycles. The molecule has 0 spiro atoms. The standard InChI is InChI=1S/C9H7NO2S2/c11-8(12)4-5-1-2-6-7(3-5)14-9(13)10-6/h1-3H,4H2,(H,10,13)(H,11,12). The van der Waals surface area contributed by atoms with E-state index >= 15 is 0 Å². The number of hydrogen-bond acceptors (Lipinski definition) is 3. The molecule has 1 heterocycles. The van der Waals surface area contributed by atoms with Crippen molar-refractivity contribution in [2.75, 3.05) is 0 Å². The SMILES string of the molecule is O=C(O)Cc1ccc2[nH]c(=S)sc2c1. The Morgan fingerprint density at radius 3 is 3.07 bits per heavy atom. The molecule has 2 aromatic rings. The summed E-state index contributed by atoms with van der Waals surface area (Å²) in [6.45, 7) is 0. The van der Waals surface area contributed by atoms with E-state index in [0.29, 0.717) is 3.95 Å². The van der Waals surface area contributed by atoms with Crippen LogP contribution in [0.2, 0.25) is 0 Å². The molecule has 0 saturated heterocycles. The van der Waals surface area contributed by atoms with E-state index in [0.717, 1.165) is 15.8 Å². The van der Waals surface area contributed by atoms with Crippen LogP contribution in [0.5, 0.6) is 0 Å². The predicted octanol–water partition coefficient (Wildman–Crippen LogP) is 2.59. The van der Waals surface area contributed by atoms with E-state index in [1.54, 1.807) is 6.07 Å². The largest absolute Gasteiger partial charge is 0.481 e. The van der Waals surface area contributed by atoms with Crippen LogP contribution in [-0.2, 0) is 11.2 Å². The molecule has 0 fully saturated rings. The number of aromatic nitrogens is 1. The van der Waals surface area contributed by atoms with Crippen LogP contribution in [0.25, 0.3) is 10.2 Å². The first-order valence-corrected chi connectivity index (χ1v) is 5.21. The lowest BCUT2D eigenvalue weighted by atomic mass is 10.1. The van der Waals surface area contributed by atoms with E-state index in [4.69, 9.17) is 17.3 Å². The van der Waals surface area contributed by atoms with Crippen LogP contribution in [0.15, 0.2) is 18.2 Å². The van der Waals surface area contributed by atoms with Crippen LogP contribution in [0, 0.1) is 3.95 Å². The summed E-state index contributed by atoms with van der Waals surface area (Å²) in [4.78, 5) is 13.5. The molecule has 0 aliphatic carbocycles. The second-order valence-electron chi connectivity index (χ2n) is 2.92. The summed E-state index contributed by atoms with van der Waals surface area (Å²) in [5, 5.41) is 8.62. The van der Waals surface area contributed by atoms with Gasteiger partial charge >= 0.3 is 5.97 Å². The van der Waals surface area contributed by atoms with Gasteiger partial charge in [-0.1, -0.05) is 6.07 Å². The van der Waals surface area contributed by atoms with Crippen LogP contribution in [0.1, 0.15) is 5.56 Å². The van der Waals surface area contributed by atoms with Gasteiger partial charge in [0.1, 0.15) is 0 Å². The van der Waals surface area contributed by atoms with E-state index < -0.39 is 5.97 Å². The van der Waals surface area contributed by atoms with E-state index in [1.807, 2.05) is 12.1 Å². The van der Waals surface area contributed by atoms with Crippen LogP contribution in [0.4, 0.5) is 0 Å². The summed E-state index contributed by atoms with van der Waals surface area (Å²) in [6, 6.07) is 5.52. The minimum absolute atomic E-state index is 0.0562. The number of benzene rings is 1. The number of aliphatic carboxylic acids is 1. The van der Waals surface area contributed by atoms with Crippen LogP contribution in [-0.4, -0.2) is 16.1 Å². The minimum atomic E-state index is -0.816. The second-order valence-corrected chi connectivity index (χ2v) is 4.63. The molecule has 5 heteroatoms. The molecule has 72 valence electrons. The van der Waals surface area contributed by atoms with Gasteiger partial charge < -0.3 is 10.1 Å². The van der Waals surface area contributed by atoms with E-state index in [-0.39, 0.29) is 6.42 Å². The van der Waals surface area contributed by atoms with Gasteiger partial charge in [-0.3, -0.25) is 4.79 Å². The molecule has 0 unspecified atom stereocenters. The molecule has 0 bridgehead atoms. The van der Waals surface area contributed by atoms with Gasteiger partial charge in [0.25, 0.3) is 0 Å². The van der Waals surface area contributed by atoms with E-state index in [9.17, 15) is 4.79 Å². The fraction of sp³-hybridized carbons (Fsp3) is 0.111. The molecule has 1 aromatic heterocycles. The average Bonchev–Trinajstić information content (AvgIpc) is 2.42. The fourth-order valence-corrected chi connectivity index (χ4v) is 2.45. The highest BCUT2D eigenvalue weighted by Crippen LogP contribution is 2.20. The highest BCUT2D eigenvalue weighted by Gasteiger charge is 2.02. The number of fused-ring (bicyclic) bond motifs is 1. The third kappa shape index (κ3) is 1.83. The first-order chi connectivity index (χ1) is 6.65. The third-order valence-electron chi connectivity index (χ3n) is 1.84. The predicted molar refractivity (Wildman–Crippen MR) is 58.3 cm³/mol. The Labute approximate surface area is 89.0 Å². The number of H-pyrrole nitrogens is 1. The lowest BCUT2D eigenvalue weighted by molar-refractivity contribution is -0.136. The topological polar surface area (TPSA) is 53.1 Å². The maximum Gasteiger partial charge on any atom is 0.307 e. The number of carbonyl (C=O) groups is 1. The van der Waals surface area contributed by atoms with Crippen molar-refractivity contribution in [2.24, 2.45) is 0 Å². The number of nitrogens with one attached hydrogen (secondary N) is 1. The molecule has 0 saturated carbocycles. The highest BCUT2D eigenvalue weighted by atomic mass is 32.1. The third-order valence-corrected chi connectivity index (χ3v) is 3.04. The van der Waals surface area contributed by atoms with Gasteiger partial charge in [-0.25, -0.2) is 0 Å². The molecule has 0 aliphatic rings. The van der Waals surface area contributed by atoms with Gasteiger partial charge in [-0.15, -0.1) is 11.3 Å². The zero-order valence-electron chi connectivity index (χ0n) is 7.11. The van der Waals surface area contributed by atoms with Gasteiger partial charge in [-0.2, -0.15) is 0 Å². The van der Waals surface area contributed by atoms with Crippen molar-refractivity contribution in [1.29, 1.82) is 0 Å². The van der Waals surface area contributed by atoms with E-state index in [1.165, 1.54) is 11.3 Å². The molecular formula is C9H7NO2S2. The summed E-state index contributed by atoms with van der Waals surface area (Å²) in [5.74, 6) is -0.816. The average molecular weight is 225 g/mol. The summed E-state index contributed by atoms with van der Waals surface area (Å²) in [6.07, 6.45) is 0.0562. The lowest BCUT2D eigenvalue weighted by Gasteiger charge is -1.95. The Kier molecular flexibility index (Phi) is 2.35. The fourth-order valence-electron chi connectivity index (χ4n) is 1.27.